The van der Waals surface area contributed by atoms with Crippen LogP contribution in [0.1, 0.15) is 16.3 Å². The van der Waals surface area contributed by atoms with E-state index in [1.54, 1.807) is 41.2 Å². The summed E-state index contributed by atoms with van der Waals surface area (Å²) in [5.41, 5.74) is 0. The molecule has 0 saturated carbocycles. The molecule has 6 nitrogen and oxygen atoms in total. The molecule has 3 rings (SSSR count). The Labute approximate surface area is 164 Å². The Bertz CT molecular complexity index is 908. The Morgan fingerprint density at radius 1 is 1.19 bits per heavy atom. The number of aromatic nitrogens is 2. The van der Waals surface area contributed by atoms with Crippen molar-refractivity contribution >= 4 is 40.7 Å². The van der Waals surface area contributed by atoms with Gasteiger partial charge in [-0.25, -0.2) is 0 Å². The SMILES string of the molecule is O=C(NCCn1cc(Cl)cn1)c1ccc(COc2ccc(Cl)cc2Cl)o1. The zero-order valence-electron chi connectivity index (χ0n) is 13.4. The van der Waals surface area contributed by atoms with Crippen molar-refractivity contribution in [2.24, 2.45) is 0 Å². The van der Waals surface area contributed by atoms with Gasteiger partial charge in [-0.3, -0.25) is 9.48 Å². The summed E-state index contributed by atoms with van der Waals surface area (Å²) in [6, 6.07) is 8.19. The van der Waals surface area contributed by atoms with E-state index in [9.17, 15) is 4.79 Å². The highest BCUT2D eigenvalue weighted by Gasteiger charge is 2.12. The first kappa shape index (κ1) is 18.6. The van der Waals surface area contributed by atoms with Crippen molar-refractivity contribution in [3.63, 3.8) is 0 Å². The van der Waals surface area contributed by atoms with Crippen LogP contribution < -0.4 is 10.1 Å². The summed E-state index contributed by atoms with van der Waals surface area (Å²) < 4.78 is 12.7. The molecule has 3 aromatic rings. The van der Waals surface area contributed by atoms with E-state index in [4.69, 9.17) is 44.0 Å². The molecule has 0 atom stereocenters. The summed E-state index contributed by atoms with van der Waals surface area (Å²) in [7, 11) is 0. The van der Waals surface area contributed by atoms with Gasteiger partial charge in [0, 0.05) is 17.8 Å². The topological polar surface area (TPSA) is 69.3 Å². The lowest BCUT2D eigenvalue weighted by Crippen LogP contribution is -2.27. The minimum absolute atomic E-state index is 0.139. The second-order valence-electron chi connectivity index (χ2n) is 5.31. The van der Waals surface area contributed by atoms with Gasteiger partial charge in [0.2, 0.25) is 0 Å². The molecule has 2 heterocycles. The van der Waals surface area contributed by atoms with Crippen molar-refractivity contribution in [2.75, 3.05) is 6.54 Å². The predicted molar refractivity (Wildman–Crippen MR) is 99.1 cm³/mol. The van der Waals surface area contributed by atoms with Crippen molar-refractivity contribution in [1.82, 2.24) is 15.1 Å². The summed E-state index contributed by atoms with van der Waals surface area (Å²) in [6.07, 6.45) is 3.22. The number of hydrogen-bond acceptors (Lipinski definition) is 4. The zero-order chi connectivity index (χ0) is 18.5. The second-order valence-corrected chi connectivity index (χ2v) is 6.59. The maximum atomic E-state index is 12.1. The van der Waals surface area contributed by atoms with E-state index in [1.165, 1.54) is 6.20 Å². The largest absolute Gasteiger partial charge is 0.484 e. The van der Waals surface area contributed by atoms with Crippen LogP contribution in [0, 0.1) is 0 Å². The highest BCUT2D eigenvalue weighted by Crippen LogP contribution is 2.28. The smallest absolute Gasteiger partial charge is 0.287 e. The Morgan fingerprint density at radius 2 is 2.04 bits per heavy atom. The number of hydrogen-bond donors (Lipinski definition) is 1. The van der Waals surface area contributed by atoms with E-state index in [0.717, 1.165) is 0 Å². The highest BCUT2D eigenvalue weighted by atomic mass is 35.5. The average molecular weight is 415 g/mol. The number of nitrogens with zero attached hydrogens (tertiary/aromatic N) is 2. The third kappa shape index (κ3) is 4.94. The molecule has 0 radical (unpaired) electrons. The molecule has 26 heavy (non-hydrogen) atoms. The van der Waals surface area contributed by atoms with Gasteiger partial charge in [-0.05, 0) is 30.3 Å². The van der Waals surface area contributed by atoms with Gasteiger partial charge < -0.3 is 14.5 Å². The van der Waals surface area contributed by atoms with Crippen LogP contribution in [-0.4, -0.2) is 22.2 Å². The average Bonchev–Trinajstić information content (AvgIpc) is 3.23. The lowest BCUT2D eigenvalue weighted by atomic mass is 10.3. The standard InChI is InChI=1S/C17H14Cl3N3O3/c18-11-1-3-15(14(20)7-11)25-10-13-2-4-16(26-13)17(24)21-5-6-23-9-12(19)8-22-23/h1-4,7-9H,5-6,10H2,(H,21,24). The highest BCUT2D eigenvalue weighted by molar-refractivity contribution is 6.35. The molecule has 136 valence electrons. The van der Waals surface area contributed by atoms with E-state index in [1.807, 2.05) is 0 Å². The second kappa shape index (κ2) is 8.49. The number of halogens is 3. The van der Waals surface area contributed by atoms with Gasteiger partial charge in [-0.1, -0.05) is 34.8 Å². The first-order valence-electron chi connectivity index (χ1n) is 7.64. The van der Waals surface area contributed by atoms with E-state index in [2.05, 4.69) is 10.4 Å². The Hall–Kier alpha value is -2.15. The van der Waals surface area contributed by atoms with E-state index < -0.39 is 0 Å². The van der Waals surface area contributed by atoms with Crippen molar-refractivity contribution in [1.29, 1.82) is 0 Å². The number of carbonyl (C=O) groups is 1. The monoisotopic (exact) mass is 413 g/mol. The minimum atomic E-state index is -0.320. The molecule has 0 aliphatic rings. The van der Waals surface area contributed by atoms with E-state index >= 15 is 0 Å². The molecule has 0 unspecified atom stereocenters. The van der Waals surface area contributed by atoms with Crippen LogP contribution in [0.15, 0.2) is 47.1 Å². The van der Waals surface area contributed by atoms with Crippen molar-refractivity contribution in [3.8, 4) is 5.75 Å². The molecular formula is C17H14Cl3N3O3. The summed E-state index contributed by atoms with van der Waals surface area (Å²) in [5.74, 6) is 0.861. The number of carbonyl (C=O) groups excluding carboxylic acids is 1. The predicted octanol–water partition coefficient (Wildman–Crippen LogP) is 4.45. The van der Waals surface area contributed by atoms with Gasteiger partial charge in [-0.2, -0.15) is 5.10 Å². The van der Waals surface area contributed by atoms with E-state index in [0.29, 0.717) is 39.7 Å². The Balaban J connectivity index is 1.49. The lowest BCUT2D eigenvalue weighted by molar-refractivity contribution is 0.0920. The number of furan rings is 1. The fourth-order valence-electron chi connectivity index (χ4n) is 2.15. The molecule has 9 heteroatoms. The van der Waals surface area contributed by atoms with Crippen LogP contribution in [0.3, 0.4) is 0 Å². The van der Waals surface area contributed by atoms with Gasteiger partial charge in [0.1, 0.15) is 18.1 Å². The number of rotatable bonds is 7. The summed E-state index contributed by atoms with van der Waals surface area (Å²) in [6.45, 7) is 1.04. The van der Waals surface area contributed by atoms with Gasteiger partial charge in [0.25, 0.3) is 5.91 Å². The van der Waals surface area contributed by atoms with Crippen molar-refractivity contribution < 1.29 is 13.9 Å². The molecule has 0 bridgehead atoms. The van der Waals surface area contributed by atoms with Gasteiger partial charge in [0.15, 0.2) is 5.76 Å². The first-order chi connectivity index (χ1) is 12.5. The van der Waals surface area contributed by atoms with Crippen LogP contribution in [-0.2, 0) is 13.2 Å². The molecule has 1 amide bonds. The molecule has 0 fully saturated rings. The summed E-state index contributed by atoms with van der Waals surface area (Å²) >= 11 is 17.7. The number of nitrogens with one attached hydrogen (secondary N) is 1. The Kier molecular flexibility index (Phi) is 6.08. The molecule has 0 aliphatic heterocycles. The van der Waals surface area contributed by atoms with Crippen LogP contribution >= 0.6 is 34.8 Å². The van der Waals surface area contributed by atoms with Gasteiger partial charge >= 0.3 is 0 Å². The van der Waals surface area contributed by atoms with E-state index in [-0.39, 0.29) is 18.3 Å². The van der Waals surface area contributed by atoms with Crippen molar-refractivity contribution in [2.45, 2.75) is 13.2 Å². The molecule has 1 N–H and O–H groups in total. The van der Waals surface area contributed by atoms with Crippen LogP contribution in [0.2, 0.25) is 15.1 Å². The van der Waals surface area contributed by atoms with Crippen LogP contribution in [0.5, 0.6) is 5.75 Å². The summed E-state index contributed by atoms with van der Waals surface area (Å²) in [5, 5.41) is 8.25. The number of benzene rings is 1. The fourth-order valence-corrected chi connectivity index (χ4v) is 2.77. The third-order valence-electron chi connectivity index (χ3n) is 3.38. The molecular weight excluding hydrogens is 401 g/mol. The quantitative estimate of drug-likeness (QED) is 0.620. The maximum Gasteiger partial charge on any atom is 0.287 e. The summed E-state index contributed by atoms with van der Waals surface area (Å²) in [4.78, 5) is 12.1. The molecule has 2 aromatic heterocycles. The Morgan fingerprint density at radius 3 is 2.77 bits per heavy atom. The van der Waals surface area contributed by atoms with Gasteiger partial charge in [0.05, 0.1) is 22.8 Å². The molecule has 0 saturated heterocycles. The zero-order valence-corrected chi connectivity index (χ0v) is 15.7. The van der Waals surface area contributed by atoms with Crippen LogP contribution in [0.25, 0.3) is 0 Å². The number of amides is 1. The maximum absolute atomic E-state index is 12.1. The van der Waals surface area contributed by atoms with Gasteiger partial charge in [-0.15, -0.1) is 0 Å². The minimum Gasteiger partial charge on any atom is -0.484 e. The van der Waals surface area contributed by atoms with Crippen LogP contribution in [0.4, 0.5) is 0 Å². The first-order valence-corrected chi connectivity index (χ1v) is 8.77. The molecule has 0 spiro atoms. The normalized spacial score (nSPS) is 10.7. The lowest BCUT2D eigenvalue weighted by Gasteiger charge is -2.06. The molecule has 1 aromatic carbocycles. The third-order valence-corrected chi connectivity index (χ3v) is 4.10. The van der Waals surface area contributed by atoms with Crippen molar-refractivity contribution in [3.05, 3.63) is 69.3 Å². The number of ether oxygens (including phenoxy) is 1. The molecule has 0 aliphatic carbocycles. The fraction of sp³-hybridized carbons (Fsp3) is 0.176.